The van der Waals surface area contributed by atoms with E-state index in [1.807, 2.05) is 0 Å². The van der Waals surface area contributed by atoms with Crippen molar-refractivity contribution in [2.24, 2.45) is 5.92 Å². The van der Waals surface area contributed by atoms with Gasteiger partial charge in [0.05, 0.1) is 17.5 Å². The molecule has 0 bridgehead atoms. The number of piperidine rings is 2. The van der Waals surface area contributed by atoms with E-state index in [-0.39, 0.29) is 11.6 Å². The van der Waals surface area contributed by atoms with E-state index in [2.05, 4.69) is 10.6 Å². The number of likely N-dealkylation sites (tertiary alicyclic amines) is 1. The summed E-state index contributed by atoms with van der Waals surface area (Å²) in [5.41, 5.74) is -0.0820. The molecule has 2 aliphatic heterocycles. The van der Waals surface area contributed by atoms with Crippen LogP contribution in [0, 0.1) is 12.8 Å². The van der Waals surface area contributed by atoms with Crippen molar-refractivity contribution < 1.29 is 27.9 Å². The molecule has 0 radical (unpaired) electrons. The largest absolute Gasteiger partial charge is 0.481 e. The molecule has 2 fully saturated rings. The molecule has 9 heteroatoms. The number of nitrogens with zero attached hydrogens (tertiary/aromatic N) is 1. The quantitative estimate of drug-likeness (QED) is 0.725. The van der Waals surface area contributed by atoms with Gasteiger partial charge in [0.2, 0.25) is 5.91 Å². The molecule has 154 valence electrons. The zero-order valence-electron chi connectivity index (χ0n) is 15.6. The number of carboxylic acid groups (broad SMARTS) is 1. The van der Waals surface area contributed by atoms with Gasteiger partial charge in [0.1, 0.15) is 6.04 Å². The first kappa shape index (κ1) is 20.4. The summed E-state index contributed by atoms with van der Waals surface area (Å²) in [5, 5.41) is 15.5. The number of halogens is 3. The summed E-state index contributed by atoms with van der Waals surface area (Å²) >= 11 is 0. The maximum atomic E-state index is 13.1. The van der Waals surface area contributed by atoms with Crippen LogP contribution in [0.2, 0.25) is 0 Å². The number of amides is 1. The van der Waals surface area contributed by atoms with Crippen LogP contribution in [0.4, 0.5) is 18.9 Å². The first-order valence-electron chi connectivity index (χ1n) is 9.36. The first-order chi connectivity index (χ1) is 13.2. The van der Waals surface area contributed by atoms with Crippen LogP contribution >= 0.6 is 0 Å². The molecule has 2 saturated heterocycles. The SMILES string of the molecule is Cc1cc(NC2CCCN([C@H]3CNCC[C@@H]3C(=O)O)C2=O)cc(C(F)(F)F)c1. The van der Waals surface area contributed by atoms with Crippen LogP contribution in [0.15, 0.2) is 18.2 Å². The molecule has 0 spiro atoms. The summed E-state index contributed by atoms with van der Waals surface area (Å²) in [6, 6.07) is 2.51. The van der Waals surface area contributed by atoms with Crippen molar-refractivity contribution in [2.45, 2.75) is 44.4 Å². The third kappa shape index (κ3) is 4.40. The normalized spacial score (nSPS) is 26.2. The molecule has 0 aliphatic carbocycles. The van der Waals surface area contributed by atoms with Crippen molar-refractivity contribution in [1.29, 1.82) is 0 Å². The van der Waals surface area contributed by atoms with E-state index >= 15 is 0 Å². The van der Waals surface area contributed by atoms with Gasteiger partial charge in [0.25, 0.3) is 0 Å². The van der Waals surface area contributed by atoms with E-state index in [9.17, 15) is 27.9 Å². The van der Waals surface area contributed by atoms with Gasteiger partial charge in [-0.1, -0.05) is 0 Å². The Morgan fingerprint density at radius 1 is 1.29 bits per heavy atom. The van der Waals surface area contributed by atoms with Crippen LogP contribution in [0.25, 0.3) is 0 Å². The second-order valence-electron chi connectivity index (χ2n) is 7.46. The number of aliphatic carboxylic acids is 1. The fraction of sp³-hybridized carbons (Fsp3) is 0.579. The number of hydrogen-bond donors (Lipinski definition) is 3. The number of carboxylic acids is 1. The van der Waals surface area contributed by atoms with Crippen molar-refractivity contribution in [3.05, 3.63) is 29.3 Å². The van der Waals surface area contributed by atoms with Crippen molar-refractivity contribution in [2.75, 3.05) is 25.0 Å². The summed E-state index contributed by atoms with van der Waals surface area (Å²) in [5.74, 6) is -1.83. The van der Waals surface area contributed by atoms with Crippen LogP contribution in [0.3, 0.4) is 0 Å². The predicted molar refractivity (Wildman–Crippen MR) is 96.9 cm³/mol. The lowest BCUT2D eigenvalue weighted by Gasteiger charge is -2.42. The number of alkyl halides is 3. The van der Waals surface area contributed by atoms with E-state index in [0.29, 0.717) is 44.5 Å². The summed E-state index contributed by atoms with van der Waals surface area (Å²) in [6.45, 7) is 3.01. The molecule has 28 heavy (non-hydrogen) atoms. The Balaban J connectivity index is 1.78. The molecular formula is C19H24F3N3O3. The highest BCUT2D eigenvalue weighted by Crippen LogP contribution is 2.32. The Morgan fingerprint density at radius 2 is 2.04 bits per heavy atom. The van der Waals surface area contributed by atoms with Crippen LogP contribution in [-0.2, 0) is 15.8 Å². The van der Waals surface area contributed by atoms with Gasteiger partial charge < -0.3 is 20.6 Å². The molecule has 1 aromatic rings. The molecule has 3 N–H and O–H groups in total. The lowest BCUT2D eigenvalue weighted by Crippen LogP contribution is -2.60. The number of rotatable bonds is 4. The van der Waals surface area contributed by atoms with Gasteiger partial charge in [0, 0.05) is 18.8 Å². The van der Waals surface area contributed by atoms with Gasteiger partial charge in [-0.25, -0.2) is 0 Å². The molecule has 0 aromatic heterocycles. The van der Waals surface area contributed by atoms with Crippen molar-refractivity contribution in [1.82, 2.24) is 10.2 Å². The molecule has 2 heterocycles. The number of hydrogen-bond acceptors (Lipinski definition) is 4. The van der Waals surface area contributed by atoms with Gasteiger partial charge in [-0.2, -0.15) is 13.2 Å². The predicted octanol–water partition coefficient (Wildman–Crippen LogP) is 2.48. The average Bonchev–Trinajstić information content (AvgIpc) is 2.62. The molecule has 0 saturated carbocycles. The standard InChI is InChI=1S/C19H24F3N3O3/c1-11-7-12(19(20,21)22)9-13(8-11)24-15-3-2-6-25(17(15)26)16-10-23-5-4-14(16)18(27)28/h7-9,14-16,23-24H,2-6,10H2,1H3,(H,27,28)/t14-,15?,16-/m0/s1. The number of carbonyl (C=O) groups is 2. The van der Waals surface area contributed by atoms with Crippen LogP contribution in [0.5, 0.6) is 0 Å². The molecule has 3 atom stereocenters. The van der Waals surface area contributed by atoms with E-state index in [4.69, 9.17) is 0 Å². The van der Waals surface area contributed by atoms with Crippen LogP contribution in [-0.4, -0.2) is 53.6 Å². The van der Waals surface area contributed by atoms with Gasteiger partial charge in [-0.15, -0.1) is 0 Å². The van der Waals surface area contributed by atoms with E-state index in [1.165, 1.54) is 0 Å². The highest BCUT2D eigenvalue weighted by atomic mass is 19.4. The third-order valence-corrected chi connectivity index (χ3v) is 5.39. The minimum atomic E-state index is -4.46. The van der Waals surface area contributed by atoms with Gasteiger partial charge >= 0.3 is 12.1 Å². The molecule has 1 amide bonds. The molecule has 2 aliphatic rings. The average molecular weight is 399 g/mol. The molecular weight excluding hydrogens is 375 g/mol. The topological polar surface area (TPSA) is 81.7 Å². The Bertz CT molecular complexity index is 754. The Hall–Kier alpha value is -2.29. The smallest absolute Gasteiger partial charge is 0.416 e. The summed E-state index contributed by atoms with van der Waals surface area (Å²) < 4.78 is 39.2. The Morgan fingerprint density at radius 3 is 2.71 bits per heavy atom. The van der Waals surface area contributed by atoms with E-state index < -0.39 is 35.7 Å². The number of benzene rings is 1. The Kier molecular flexibility index (Phi) is 5.83. The molecule has 3 rings (SSSR count). The highest BCUT2D eigenvalue weighted by Gasteiger charge is 2.40. The second-order valence-corrected chi connectivity index (χ2v) is 7.46. The maximum Gasteiger partial charge on any atom is 0.416 e. The van der Waals surface area contributed by atoms with Gasteiger partial charge in [0.15, 0.2) is 0 Å². The third-order valence-electron chi connectivity index (χ3n) is 5.39. The number of aryl methyl sites for hydroxylation is 1. The monoisotopic (exact) mass is 399 g/mol. The molecule has 1 unspecified atom stereocenters. The number of carbonyl (C=O) groups excluding carboxylic acids is 1. The summed E-state index contributed by atoms with van der Waals surface area (Å²) in [4.78, 5) is 26.1. The Labute approximate surface area is 161 Å². The molecule has 1 aromatic carbocycles. The molecule has 6 nitrogen and oxygen atoms in total. The fourth-order valence-corrected chi connectivity index (χ4v) is 4.05. The highest BCUT2D eigenvalue weighted by molar-refractivity contribution is 5.86. The fourth-order valence-electron chi connectivity index (χ4n) is 4.05. The van der Waals surface area contributed by atoms with E-state index in [0.717, 1.165) is 12.1 Å². The zero-order chi connectivity index (χ0) is 20.5. The minimum absolute atomic E-state index is 0.240. The summed E-state index contributed by atoms with van der Waals surface area (Å²) in [6.07, 6.45) is -2.88. The van der Waals surface area contributed by atoms with Crippen molar-refractivity contribution >= 4 is 17.6 Å². The van der Waals surface area contributed by atoms with Crippen LogP contribution < -0.4 is 10.6 Å². The zero-order valence-corrected chi connectivity index (χ0v) is 15.6. The minimum Gasteiger partial charge on any atom is -0.481 e. The number of nitrogens with one attached hydrogen (secondary N) is 2. The second kappa shape index (κ2) is 7.98. The van der Waals surface area contributed by atoms with Crippen LogP contribution in [0.1, 0.15) is 30.4 Å². The first-order valence-corrected chi connectivity index (χ1v) is 9.36. The lowest BCUT2D eigenvalue weighted by atomic mass is 9.89. The summed E-state index contributed by atoms with van der Waals surface area (Å²) in [7, 11) is 0. The lowest BCUT2D eigenvalue weighted by molar-refractivity contribution is -0.149. The number of anilines is 1. The maximum absolute atomic E-state index is 13.1. The van der Waals surface area contributed by atoms with Gasteiger partial charge in [-0.3, -0.25) is 9.59 Å². The van der Waals surface area contributed by atoms with Gasteiger partial charge in [-0.05, 0) is 56.5 Å². The van der Waals surface area contributed by atoms with E-state index in [1.54, 1.807) is 17.9 Å². The van der Waals surface area contributed by atoms with Crippen molar-refractivity contribution in [3.63, 3.8) is 0 Å². The van der Waals surface area contributed by atoms with Crippen molar-refractivity contribution in [3.8, 4) is 0 Å².